The summed E-state index contributed by atoms with van der Waals surface area (Å²) in [7, 11) is 0. The van der Waals surface area contributed by atoms with Gasteiger partial charge in [0.15, 0.2) is 0 Å². The highest BCUT2D eigenvalue weighted by Gasteiger charge is 2.04. The van der Waals surface area contributed by atoms with E-state index in [2.05, 4.69) is 0 Å². The lowest BCUT2D eigenvalue weighted by Gasteiger charge is -2.06. The van der Waals surface area contributed by atoms with Crippen molar-refractivity contribution < 1.29 is 15.1 Å². The van der Waals surface area contributed by atoms with Crippen LogP contribution < -0.4 is 4.84 Å². The van der Waals surface area contributed by atoms with Crippen molar-refractivity contribution in [1.82, 2.24) is 4.73 Å². The van der Waals surface area contributed by atoms with Crippen LogP contribution in [0.2, 0.25) is 0 Å². The van der Waals surface area contributed by atoms with Crippen LogP contribution in [0, 0.1) is 0 Å². The highest BCUT2D eigenvalue weighted by molar-refractivity contribution is 5.21. The summed E-state index contributed by atoms with van der Waals surface area (Å²) in [5.74, 6) is -0.174. The second-order valence-electron chi connectivity index (χ2n) is 2.18. The molecule has 0 radical (unpaired) electrons. The Morgan fingerprint density at radius 2 is 1.91 bits per heavy atom. The largest absolute Gasteiger partial charge is 0.492 e. The lowest BCUT2D eigenvalue weighted by molar-refractivity contribution is 0.0758. The highest BCUT2D eigenvalue weighted by atomic mass is 16.7. The van der Waals surface area contributed by atoms with E-state index in [0.29, 0.717) is 6.61 Å². The van der Waals surface area contributed by atoms with Gasteiger partial charge in [0.1, 0.15) is 6.61 Å². The fourth-order valence-corrected chi connectivity index (χ4v) is 0.717. The van der Waals surface area contributed by atoms with Crippen LogP contribution in [0.5, 0.6) is 11.8 Å². The number of rotatable bonds is 3. The number of nitrogens with zero attached hydrogens (tertiary/aromatic N) is 1. The first-order chi connectivity index (χ1) is 5.25. The summed E-state index contributed by atoms with van der Waals surface area (Å²) in [6.07, 6.45) is 0.830. The first-order valence-electron chi connectivity index (χ1n) is 3.48. The molecule has 11 heavy (non-hydrogen) atoms. The molecule has 1 rings (SSSR count). The number of aromatic nitrogens is 1. The Labute approximate surface area is 64.6 Å². The SMILES string of the molecule is CCCOn1c(O)ccc1O. The molecule has 0 bridgehead atoms. The van der Waals surface area contributed by atoms with Crippen molar-refractivity contribution in [2.24, 2.45) is 0 Å². The molecule has 0 aliphatic rings. The lowest BCUT2D eigenvalue weighted by Crippen LogP contribution is -2.10. The van der Waals surface area contributed by atoms with Crippen molar-refractivity contribution in [2.75, 3.05) is 6.61 Å². The fraction of sp³-hybridized carbons (Fsp3) is 0.429. The zero-order valence-electron chi connectivity index (χ0n) is 6.32. The van der Waals surface area contributed by atoms with E-state index in [9.17, 15) is 0 Å². The molecule has 0 saturated carbocycles. The van der Waals surface area contributed by atoms with E-state index in [1.807, 2.05) is 6.92 Å². The minimum Gasteiger partial charge on any atom is -0.492 e. The predicted molar refractivity (Wildman–Crippen MR) is 39.5 cm³/mol. The van der Waals surface area contributed by atoms with Crippen LogP contribution in [0.4, 0.5) is 0 Å². The smallest absolute Gasteiger partial charge is 0.229 e. The first-order valence-corrected chi connectivity index (χ1v) is 3.48. The van der Waals surface area contributed by atoms with Gasteiger partial charge in [-0.1, -0.05) is 6.92 Å². The molecule has 0 aliphatic heterocycles. The van der Waals surface area contributed by atoms with Gasteiger partial charge in [-0.05, 0) is 6.42 Å². The second kappa shape index (κ2) is 3.18. The Bertz CT molecular complexity index is 212. The Hall–Kier alpha value is -1.32. The molecule has 0 fully saturated rings. The van der Waals surface area contributed by atoms with Crippen molar-refractivity contribution >= 4 is 0 Å². The van der Waals surface area contributed by atoms with Crippen molar-refractivity contribution in [3.8, 4) is 11.8 Å². The van der Waals surface area contributed by atoms with Crippen LogP contribution in [0.1, 0.15) is 13.3 Å². The van der Waals surface area contributed by atoms with Crippen LogP contribution in [0.25, 0.3) is 0 Å². The third kappa shape index (κ3) is 1.58. The third-order valence-corrected chi connectivity index (χ3v) is 1.22. The maximum atomic E-state index is 9.04. The van der Waals surface area contributed by atoms with Gasteiger partial charge >= 0.3 is 0 Å². The van der Waals surface area contributed by atoms with Gasteiger partial charge < -0.3 is 15.1 Å². The molecule has 0 atom stereocenters. The van der Waals surface area contributed by atoms with Crippen molar-refractivity contribution in [2.45, 2.75) is 13.3 Å². The van der Waals surface area contributed by atoms with Gasteiger partial charge in [0, 0.05) is 12.1 Å². The van der Waals surface area contributed by atoms with E-state index in [1.54, 1.807) is 0 Å². The number of aromatic hydroxyl groups is 2. The Kier molecular flexibility index (Phi) is 2.25. The van der Waals surface area contributed by atoms with Crippen molar-refractivity contribution in [3.63, 3.8) is 0 Å². The van der Waals surface area contributed by atoms with Crippen molar-refractivity contribution in [1.29, 1.82) is 0 Å². The monoisotopic (exact) mass is 157 g/mol. The van der Waals surface area contributed by atoms with E-state index in [4.69, 9.17) is 15.1 Å². The van der Waals surface area contributed by atoms with E-state index in [-0.39, 0.29) is 11.8 Å². The van der Waals surface area contributed by atoms with Crippen molar-refractivity contribution in [3.05, 3.63) is 12.1 Å². The van der Waals surface area contributed by atoms with E-state index in [0.717, 1.165) is 11.2 Å². The summed E-state index contributed by atoms with van der Waals surface area (Å²) in [6, 6.07) is 2.73. The number of hydrogen-bond acceptors (Lipinski definition) is 3. The summed E-state index contributed by atoms with van der Waals surface area (Å²) < 4.78 is 0.990. The second-order valence-corrected chi connectivity index (χ2v) is 2.18. The Balaban J connectivity index is 2.67. The molecular formula is C7H11NO3. The summed E-state index contributed by atoms with van der Waals surface area (Å²) in [6.45, 7) is 2.41. The Morgan fingerprint density at radius 3 is 2.36 bits per heavy atom. The van der Waals surface area contributed by atoms with Crippen LogP contribution in [0.3, 0.4) is 0 Å². The normalized spacial score (nSPS) is 9.91. The van der Waals surface area contributed by atoms with Crippen LogP contribution >= 0.6 is 0 Å². The number of hydrogen-bond donors (Lipinski definition) is 2. The van der Waals surface area contributed by atoms with Gasteiger partial charge in [-0.2, -0.15) is 0 Å². The molecule has 0 aromatic carbocycles. The van der Waals surface area contributed by atoms with Gasteiger partial charge in [0.25, 0.3) is 0 Å². The minimum atomic E-state index is -0.0871. The fourth-order valence-electron chi connectivity index (χ4n) is 0.717. The van der Waals surface area contributed by atoms with Crippen LogP contribution in [0.15, 0.2) is 12.1 Å². The van der Waals surface area contributed by atoms with Crippen LogP contribution in [-0.2, 0) is 0 Å². The van der Waals surface area contributed by atoms with Gasteiger partial charge in [-0.25, -0.2) is 0 Å². The molecule has 62 valence electrons. The maximum absolute atomic E-state index is 9.04. The Morgan fingerprint density at radius 1 is 1.36 bits per heavy atom. The predicted octanol–water partition coefficient (Wildman–Crippen LogP) is 0.738. The molecule has 4 heteroatoms. The average Bonchev–Trinajstić information content (AvgIpc) is 2.29. The third-order valence-electron chi connectivity index (χ3n) is 1.22. The lowest BCUT2D eigenvalue weighted by atomic mass is 10.5. The van der Waals surface area contributed by atoms with Gasteiger partial charge in [0.05, 0.1) is 0 Å². The van der Waals surface area contributed by atoms with Crippen LogP contribution in [-0.4, -0.2) is 21.6 Å². The quantitative estimate of drug-likeness (QED) is 0.680. The molecule has 0 unspecified atom stereocenters. The molecular weight excluding hydrogens is 146 g/mol. The minimum absolute atomic E-state index is 0.0871. The molecule has 0 aliphatic carbocycles. The zero-order chi connectivity index (χ0) is 8.27. The van der Waals surface area contributed by atoms with Gasteiger partial charge in [-0.3, -0.25) is 0 Å². The summed E-state index contributed by atoms with van der Waals surface area (Å²) in [5.41, 5.74) is 0. The molecule has 1 heterocycles. The van der Waals surface area contributed by atoms with E-state index in [1.165, 1.54) is 12.1 Å². The molecule has 0 saturated heterocycles. The molecule has 0 amide bonds. The molecule has 1 aromatic heterocycles. The average molecular weight is 157 g/mol. The van der Waals surface area contributed by atoms with E-state index < -0.39 is 0 Å². The standard InChI is InChI=1S/C7H11NO3/c1-2-5-11-8-6(9)3-4-7(8)10/h3-4,9-10H,2,5H2,1H3. The molecule has 1 aromatic rings. The molecule has 4 nitrogen and oxygen atoms in total. The summed E-state index contributed by atoms with van der Waals surface area (Å²) in [5, 5.41) is 18.1. The highest BCUT2D eigenvalue weighted by Crippen LogP contribution is 2.18. The van der Waals surface area contributed by atoms with Gasteiger partial charge in [0.2, 0.25) is 11.8 Å². The molecule has 2 N–H and O–H groups in total. The topological polar surface area (TPSA) is 54.6 Å². The summed E-state index contributed by atoms with van der Waals surface area (Å²) >= 11 is 0. The summed E-state index contributed by atoms with van der Waals surface area (Å²) in [4.78, 5) is 4.97. The maximum Gasteiger partial charge on any atom is 0.229 e. The first kappa shape index (κ1) is 7.78. The van der Waals surface area contributed by atoms with E-state index >= 15 is 0 Å². The van der Waals surface area contributed by atoms with Gasteiger partial charge in [-0.15, -0.1) is 4.73 Å². The zero-order valence-corrected chi connectivity index (χ0v) is 6.32. The molecule has 0 spiro atoms.